The van der Waals surface area contributed by atoms with Gasteiger partial charge in [0.25, 0.3) is 5.91 Å². The van der Waals surface area contributed by atoms with E-state index in [2.05, 4.69) is 5.32 Å². The Hall–Kier alpha value is -3.15. The van der Waals surface area contributed by atoms with Crippen LogP contribution in [0.3, 0.4) is 0 Å². The quantitative estimate of drug-likeness (QED) is 0.750. The molecule has 2 rings (SSSR count). The average Bonchev–Trinajstić information content (AvgIpc) is 2.67. The first-order chi connectivity index (χ1) is 13.6. The highest BCUT2D eigenvalue weighted by atomic mass is 16.4. The van der Waals surface area contributed by atoms with Crippen molar-refractivity contribution >= 4 is 17.8 Å². The number of carbonyl (C=O) groups is 3. The van der Waals surface area contributed by atoms with Gasteiger partial charge < -0.3 is 15.3 Å². The Balaban J connectivity index is 2.11. The number of hydrogen-bond acceptors (Lipinski definition) is 3. The number of carbonyl (C=O) groups excluding carboxylic acids is 2. The Bertz CT molecular complexity index is 904. The number of nitrogens with zero attached hydrogens (tertiary/aromatic N) is 1. The summed E-state index contributed by atoms with van der Waals surface area (Å²) >= 11 is 0. The number of amides is 2. The molecule has 0 aliphatic rings. The van der Waals surface area contributed by atoms with Crippen LogP contribution in [0.1, 0.15) is 52.5 Å². The smallest absolute Gasteiger partial charge is 0.330 e. The minimum absolute atomic E-state index is 0.0458. The van der Waals surface area contributed by atoms with Crippen LogP contribution in [0.25, 0.3) is 0 Å². The summed E-state index contributed by atoms with van der Waals surface area (Å²) in [6, 6.07) is 11.0. The number of rotatable bonds is 7. The number of aryl methyl sites for hydroxylation is 2. The van der Waals surface area contributed by atoms with E-state index < -0.39 is 17.9 Å². The molecule has 2 N–H and O–H groups in total. The molecule has 1 atom stereocenters. The van der Waals surface area contributed by atoms with Gasteiger partial charge in [0.1, 0.15) is 0 Å². The van der Waals surface area contributed by atoms with Crippen LogP contribution in [0.5, 0.6) is 0 Å². The van der Waals surface area contributed by atoms with E-state index in [-0.39, 0.29) is 11.8 Å². The van der Waals surface area contributed by atoms with Crippen LogP contribution in [-0.2, 0) is 16.1 Å². The summed E-state index contributed by atoms with van der Waals surface area (Å²) in [5.74, 6) is -1.62. The van der Waals surface area contributed by atoms with Crippen molar-refractivity contribution in [3.05, 3.63) is 70.3 Å². The molecule has 0 heterocycles. The van der Waals surface area contributed by atoms with Crippen LogP contribution in [0.15, 0.2) is 42.5 Å². The molecule has 6 heteroatoms. The zero-order valence-electron chi connectivity index (χ0n) is 17.5. The van der Waals surface area contributed by atoms with E-state index in [1.165, 1.54) is 0 Å². The first kappa shape index (κ1) is 22.1. The molecule has 2 amide bonds. The highest BCUT2D eigenvalue weighted by Crippen LogP contribution is 2.18. The second kappa shape index (κ2) is 9.37. The molecule has 2 aromatic carbocycles. The van der Waals surface area contributed by atoms with Crippen molar-refractivity contribution in [2.24, 2.45) is 5.92 Å². The zero-order valence-corrected chi connectivity index (χ0v) is 17.5. The van der Waals surface area contributed by atoms with Crippen LogP contribution in [-0.4, -0.2) is 34.8 Å². The lowest BCUT2D eigenvalue weighted by Crippen LogP contribution is -2.34. The Morgan fingerprint density at radius 2 is 1.62 bits per heavy atom. The van der Waals surface area contributed by atoms with Crippen molar-refractivity contribution in [3.63, 3.8) is 0 Å². The zero-order chi connectivity index (χ0) is 21.7. The van der Waals surface area contributed by atoms with Gasteiger partial charge in [-0.2, -0.15) is 0 Å². The van der Waals surface area contributed by atoms with Crippen molar-refractivity contribution in [1.82, 2.24) is 10.2 Å². The van der Waals surface area contributed by atoms with Gasteiger partial charge >= 0.3 is 5.97 Å². The second-order valence-electron chi connectivity index (χ2n) is 7.63. The molecule has 29 heavy (non-hydrogen) atoms. The lowest BCUT2D eigenvalue weighted by molar-refractivity contribution is -0.139. The van der Waals surface area contributed by atoms with Crippen LogP contribution in [0, 0.1) is 19.8 Å². The molecule has 0 saturated heterocycles. The van der Waals surface area contributed by atoms with Gasteiger partial charge in [0.15, 0.2) is 6.04 Å². The van der Waals surface area contributed by atoms with Crippen LogP contribution < -0.4 is 5.32 Å². The van der Waals surface area contributed by atoms with Crippen molar-refractivity contribution in [3.8, 4) is 0 Å². The predicted octanol–water partition coefficient (Wildman–Crippen LogP) is 3.47. The molecule has 0 aliphatic heterocycles. The van der Waals surface area contributed by atoms with E-state index in [0.717, 1.165) is 16.7 Å². The molecular weight excluding hydrogens is 368 g/mol. The van der Waals surface area contributed by atoms with Crippen molar-refractivity contribution in [2.75, 3.05) is 7.05 Å². The fourth-order valence-corrected chi connectivity index (χ4v) is 3.00. The largest absolute Gasteiger partial charge is 0.479 e. The van der Waals surface area contributed by atoms with E-state index in [4.69, 9.17) is 0 Å². The maximum atomic E-state index is 12.6. The van der Waals surface area contributed by atoms with Gasteiger partial charge in [-0.1, -0.05) is 44.2 Å². The van der Waals surface area contributed by atoms with E-state index >= 15 is 0 Å². The molecule has 0 aliphatic carbocycles. The third-order valence-electron chi connectivity index (χ3n) is 4.89. The van der Waals surface area contributed by atoms with Gasteiger partial charge in [0.05, 0.1) is 0 Å². The normalized spacial score (nSPS) is 11.8. The number of carboxylic acids is 1. The molecule has 154 valence electrons. The molecule has 0 spiro atoms. The number of nitrogens with one attached hydrogen (secondary N) is 1. The Morgan fingerprint density at radius 1 is 1.00 bits per heavy atom. The van der Waals surface area contributed by atoms with Gasteiger partial charge in [-0.05, 0) is 48.2 Å². The van der Waals surface area contributed by atoms with E-state index in [1.54, 1.807) is 48.3 Å². The summed E-state index contributed by atoms with van der Waals surface area (Å²) in [6.45, 7) is 7.99. The molecule has 0 bridgehead atoms. The van der Waals surface area contributed by atoms with Crippen LogP contribution in [0.4, 0.5) is 0 Å². The minimum atomic E-state index is -1.13. The summed E-state index contributed by atoms with van der Waals surface area (Å²) in [6.07, 6.45) is 0. The highest BCUT2D eigenvalue weighted by Gasteiger charge is 2.23. The lowest BCUT2D eigenvalue weighted by Gasteiger charge is -2.19. The molecule has 0 saturated carbocycles. The maximum Gasteiger partial charge on any atom is 0.330 e. The van der Waals surface area contributed by atoms with E-state index in [1.807, 2.05) is 33.8 Å². The number of hydrogen-bond donors (Lipinski definition) is 2. The van der Waals surface area contributed by atoms with Gasteiger partial charge in [-0.25, -0.2) is 4.79 Å². The molecule has 1 unspecified atom stereocenters. The van der Waals surface area contributed by atoms with Gasteiger partial charge in [0, 0.05) is 25.1 Å². The van der Waals surface area contributed by atoms with Crippen molar-refractivity contribution < 1.29 is 19.5 Å². The Morgan fingerprint density at radius 3 is 2.14 bits per heavy atom. The molecule has 2 aromatic rings. The monoisotopic (exact) mass is 396 g/mol. The summed E-state index contributed by atoms with van der Waals surface area (Å²) in [4.78, 5) is 37.9. The van der Waals surface area contributed by atoms with Crippen LogP contribution >= 0.6 is 0 Å². The Kier molecular flexibility index (Phi) is 7.15. The molecule has 0 aromatic heterocycles. The highest BCUT2D eigenvalue weighted by molar-refractivity contribution is 5.96. The number of carboxylic acid groups (broad SMARTS) is 1. The third-order valence-corrected chi connectivity index (χ3v) is 4.89. The summed E-state index contributed by atoms with van der Waals surface area (Å²) < 4.78 is 0. The maximum absolute atomic E-state index is 12.6. The Labute approximate surface area is 171 Å². The average molecular weight is 396 g/mol. The lowest BCUT2D eigenvalue weighted by atomic mass is 10.0. The molecular formula is C23H28N2O4. The topological polar surface area (TPSA) is 86.7 Å². The van der Waals surface area contributed by atoms with Crippen molar-refractivity contribution in [2.45, 2.75) is 40.3 Å². The van der Waals surface area contributed by atoms with E-state index in [0.29, 0.717) is 17.7 Å². The first-order valence-corrected chi connectivity index (χ1v) is 9.55. The van der Waals surface area contributed by atoms with Gasteiger partial charge in [-0.15, -0.1) is 0 Å². The third kappa shape index (κ3) is 5.67. The SMILES string of the molecule is Cc1ccc(C(NC(=O)c2ccc(CN(C)C(=O)C(C)C)cc2)C(=O)O)cc1C. The summed E-state index contributed by atoms with van der Waals surface area (Å²) in [7, 11) is 1.74. The number of aliphatic carboxylic acids is 1. The van der Waals surface area contributed by atoms with Crippen molar-refractivity contribution in [1.29, 1.82) is 0 Å². The van der Waals surface area contributed by atoms with Crippen LogP contribution in [0.2, 0.25) is 0 Å². The molecule has 0 radical (unpaired) electrons. The summed E-state index contributed by atoms with van der Waals surface area (Å²) in [5.41, 5.74) is 3.80. The fraction of sp³-hybridized carbons (Fsp3) is 0.348. The van der Waals surface area contributed by atoms with E-state index in [9.17, 15) is 19.5 Å². The first-order valence-electron chi connectivity index (χ1n) is 9.55. The standard InChI is InChI=1S/C23H28N2O4/c1-14(2)22(27)25(5)13-17-7-10-18(11-8-17)21(26)24-20(23(28)29)19-9-6-15(3)16(4)12-19/h6-12,14,20H,13H2,1-5H3,(H,24,26)(H,28,29). The predicted molar refractivity (Wildman–Crippen MR) is 112 cm³/mol. The fourth-order valence-electron chi connectivity index (χ4n) is 3.00. The summed E-state index contributed by atoms with van der Waals surface area (Å²) in [5, 5.41) is 12.2. The molecule has 6 nitrogen and oxygen atoms in total. The van der Waals surface area contributed by atoms with Gasteiger partial charge in [-0.3, -0.25) is 9.59 Å². The minimum Gasteiger partial charge on any atom is -0.479 e. The number of benzene rings is 2. The second-order valence-corrected chi connectivity index (χ2v) is 7.63. The van der Waals surface area contributed by atoms with Gasteiger partial charge in [0.2, 0.25) is 5.91 Å². The molecule has 0 fully saturated rings.